The van der Waals surface area contributed by atoms with E-state index in [1.54, 1.807) is 6.92 Å². The van der Waals surface area contributed by atoms with Crippen molar-refractivity contribution in [3.63, 3.8) is 0 Å². The Morgan fingerprint density at radius 1 is 1.26 bits per heavy atom. The van der Waals surface area contributed by atoms with E-state index >= 15 is 0 Å². The number of hydrogen-bond donors (Lipinski definition) is 2. The van der Waals surface area contributed by atoms with Gasteiger partial charge in [0.15, 0.2) is 6.10 Å². The van der Waals surface area contributed by atoms with Crippen LogP contribution >= 0.6 is 0 Å². The average Bonchev–Trinajstić information content (AvgIpc) is 2.37. The van der Waals surface area contributed by atoms with Gasteiger partial charge < -0.3 is 15.8 Å². The van der Waals surface area contributed by atoms with Crippen LogP contribution in [-0.2, 0) is 4.79 Å². The van der Waals surface area contributed by atoms with E-state index in [1.165, 1.54) is 0 Å². The first-order valence-electron chi connectivity index (χ1n) is 6.76. The van der Waals surface area contributed by atoms with Crippen LogP contribution in [0.4, 0.5) is 0 Å². The molecule has 0 fully saturated rings. The van der Waals surface area contributed by atoms with E-state index in [2.05, 4.69) is 5.32 Å². The van der Waals surface area contributed by atoms with E-state index in [4.69, 9.17) is 10.5 Å². The van der Waals surface area contributed by atoms with Crippen LogP contribution in [-0.4, -0.2) is 18.1 Å². The minimum absolute atomic E-state index is 0.0516. The summed E-state index contributed by atoms with van der Waals surface area (Å²) in [6.45, 7) is 7.63. The topological polar surface area (TPSA) is 64.3 Å². The van der Waals surface area contributed by atoms with Gasteiger partial charge in [-0.2, -0.15) is 0 Å². The maximum Gasteiger partial charge on any atom is 0.260 e. The molecule has 1 rings (SSSR count). The Morgan fingerprint density at radius 3 is 2.32 bits per heavy atom. The molecule has 0 aliphatic carbocycles. The van der Waals surface area contributed by atoms with Gasteiger partial charge >= 0.3 is 0 Å². The minimum Gasteiger partial charge on any atom is -0.481 e. The van der Waals surface area contributed by atoms with Crippen LogP contribution in [0.25, 0.3) is 0 Å². The molecule has 2 atom stereocenters. The summed E-state index contributed by atoms with van der Waals surface area (Å²) < 4.78 is 5.59. The van der Waals surface area contributed by atoms with Gasteiger partial charge in [-0.1, -0.05) is 19.1 Å². The fourth-order valence-electron chi connectivity index (χ4n) is 1.69. The van der Waals surface area contributed by atoms with Gasteiger partial charge in [0.05, 0.1) is 0 Å². The molecule has 1 aromatic carbocycles. The van der Waals surface area contributed by atoms with E-state index < -0.39 is 6.10 Å². The molecule has 1 aromatic rings. The van der Waals surface area contributed by atoms with Crippen LogP contribution < -0.4 is 15.8 Å². The zero-order chi connectivity index (χ0) is 14.4. The van der Waals surface area contributed by atoms with Crippen LogP contribution in [0.3, 0.4) is 0 Å². The lowest BCUT2D eigenvalue weighted by Gasteiger charge is -2.17. The molecule has 1 amide bonds. The zero-order valence-electron chi connectivity index (χ0n) is 12.1. The first kappa shape index (κ1) is 15.5. The molecule has 4 nitrogen and oxygen atoms in total. The Morgan fingerprint density at radius 2 is 1.84 bits per heavy atom. The van der Waals surface area contributed by atoms with Crippen molar-refractivity contribution >= 4 is 5.91 Å². The highest BCUT2D eigenvalue weighted by molar-refractivity contribution is 5.80. The highest BCUT2D eigenvalue weighted by Gasteiger charge is 2.15. The van der Waals surface area contributed by atoms with Gasteiger partial charge in [0, 0.05) is 12.1 Å². The lowest BCUT2D eigenvalue weighted by molar-refractivity contribution is -0.127. The molecule has 0 radical (unpaired) electrons. The number of benzene rings is 1. The third-order valence-corrected chi connectivity index (χ3v) is 2.86. The van der Waals surface area contributed by atoms with Crippen molar-refractivity contribution in [1.29, 1.82) is 0 Å². The molecule has 1 unspecified atom stereocenters. The second-order valence-electron chi connectivity index (χ2n) is 5.01. The van der Waals surface area contributed by atoms with E-state index in [0.717, 1.165) is 12.0 Å². The molecule has 0 saturated heterocycles. The number of nitrogens with one attached hydrogen (secondary N) is 1. The standard InChI is InChI=1S/C15H24N2O2/c1-5-14(16)12-6-8-13(9-7-12)19-11(4)15(18)17-10(2)3/h6-11,14H,5,16H2,1-4H3,(H,17,18)/t11?,14-/m0/s1. The van der Waals surface area contributed by atoms with E-state index in [0.29, 0.717) is 5.75 Å². The van der Waals surface area contributed by atoms with Crippen LogP contribution in [0.2, 0.25) is 0 Å². The molecule has 4 heteroatoms. The lowest BCUT2D eigenvalue weighted by Crippen LogP contribution is -2.40. The molecule has 0 aromatic heterocycles. The van der Waals surface area contributed by atoms with Crippen molar-refractivity contribution in [2.45, 2.75) is 52.3 Å². The quantitative estimate of drug-likeness (QED) is 0.829. The average molecular weight is 264 g/mol. The highest BCUT2D eigenvalue weighted by Crippen LogP contribution is 2.19. The number of rotatable bonds is 6. The largest absolute Gasteiger partial charge is 0.481 e. The summed E-state index contributed by atoms with van der Waals surface area (Å²) in [5, 5.41) is 2.82. The molecule has 0 aliphatic heterocycles. The minimum atomic E-state index is -0.506. The SMILES string of the molecule is CC[C@H](N)c1ccc(OC(C)C(=O)NC(C)C)cc1. The monoisotopic (exact) mass is 264 g/mol. The van der Waals surface area contributed by atoms with E-state index in [-0.39, 0.29) is 18.0 Å². The summed E-state index contributed by atoms with van der Waals surface area (Å²) >= 11 is 0. The fraction of sp³-hybridized carbons (Fsp3) is 0.533. The first-order chi connectivity index (χ1) is 8.93. The van der Waals surface area contributed by atoms with Gasteiger partial charge in [0.2, 0.25) is 0 Å². The maximum absolute atomic E-state index is 11.7. The number of carbonyl (C=O) groups excluding carboxylic acids is 1. The van der Waals surface area contributed by atoms with Gasteiger partial charge in [-0.15, -0.1) is 0 Å². The summed E-state index contributed by atoms with van der Waals surface area (Å²) in [7, 11) is 0. The predicted molar refractivity (Wildman–Crippen MR) is 77.0 cm³/mol. The van der Waals surface area contributed by atoms with Crippen molar-refractivity contribution < 1.29 is 9.53 Å². The van der Waals surface area contributed by atoms with Gasteiger partial charge in [0.1, 0.15) is 5.75 Å². The maximum atomic E-state index is 11.7. The summed E-state index contributed by atoms with van der Waals surface area (Å²) in [6, 6.07) is 7.75. The van der Waals surface area contributed by atoms with Gasteiger partial charge in [-0.25, -0.2) is 0 Å². The predicted octanol–water partition coefficient (Wildman–Crippen LogP) is 2.39. The Labute approximate surface area is 115 Å². The molecule has 0 saturated carbocycles. The molecule has 106 valence electrons. The lowest BCUT2D eigenvalue weighted by atomic mass is 10.1. The van der Waals surface area contributed by atoms with E-state index in [9.17, 15) is 4.79 Å². The molecule has 3 N–H and O–H groups in total. The third kappa shape index (κ3) is 4.91. The molecule has 0 spiro atoms. The van der Waals surface area contributed by atoms with Gasteiger partial charge in [-0.3, -0.25) is 4.79 Å². The van der Waals surface area contributed by atoms with Crippen LogP contribution in [0.1, 0.15) is 45.7 Å². The molecule has 0 bridgehead atoms. The van der Waals surface area contributed by atoms with Crippen molar-refractivity contribution in [3.8, 4) is 5.75 Å². The van der Waals surface area contributed by atoms with Crippen molar-refractivity contribution in [2.75, 3.05) is 0 Å². The third-order valence-electron chi connectivity index (χ3n) is 2.86. The summed E-state index contributed by atoms with van der Waals surface area (Å²) in [4.78, 5) is 11.7. The van der Waals surface area contributed by atoms with Crippen molar-refractivity contribution in [1.82, 2.24) is 5.32 Å². The second-order valence-corrected chi connectivity index (χ2v) is 5.01. The van der Waals surface area contributed by atoms with Gasteiger partial charge in [0.25, 0.3) is 5.91 Å². The fourth-order valence-corrected chi connectivity index (χ4v) is 1.69. The number of amides is 1. The van der Waals surface area contributed by atoms with Crippen LogP contribution in [0, 0.1) is 0 Å². The molecule has 0 aliphatic rings. The number of hydrogen-bond acceptors (Lipinski definition) is 3. The first-order valence-corrected chi connectivity index (χ1v) is 6.76. The van der Waals surface area contributed by atoms with Gasteiger partial charge in [-0.05, 0) is 44.9 Å². The second kappa shape index (κ2) is 7.14. The Bertz CT molecular complexity index is 401. The Hall–Kier alpha value is -1.55. The smallest absolute Gasteiger partial charge is 0.260 e. The summed E-state index contributed by atoms with van der Waals surface area (Å²) in [5.74, 6) is 0.572. The number of nitrogens with two attached hydrogens (primary N) is 1. The number of ether oxygens (including phenoxy) is 1. The van der Waals surface area contributed by atoms with E-state index in [1.807, 2.05) is 45.0 Å². The zero-order valence-corrected chi connectivity index (χ0v) is 12.1. The molecular formula is C15H24N2O2. The normalized spacial score (nSPS) is 14.0. The Balaban J connectivity index is 2.60. The summed E-state index contributed by atoms with van der Waals surface area (Å²) in [5.41, 5.74) is 7.02. The van der Waals surface area contributed by atoms with Crippen molar-refractivity contribution in [2.24, 2.45) is 5.73 Å². The highest BCUT2D eigenvalue weighted by atomic mass is 16.5. The molecular weight excluding hydrogens is 240 g/mol. The molecule has 19 heavy (non-hydrogen) atoms. The summed E-state index contributed by atoms with van der Waals surface area (Å²) in [6.07, 6.45) is 0.390. The van der Waals surface area contributed by atoms with Crippen LogP contribution in [0.15, 0.2) is 24.3 Å². The van der Waals surface area contributed by atoms with Crippen molar-refractivity contribution in [3.05, 3.63) is 29.8 Å². The number of carbonyl (C=O) groups is 1. The molecule has 0 heterocycles. The Kier molecular flexibility index (Phi) is 5.83. The van der Waals surface area contributed by atoms with Crippen LogP contribution in [0.5, 0.6) is 5.75 Å².